The summed E-state index contributed by atoms with van der Waals surface area (Å²) in [4.78, 5) is 14.2. The molecule has 0 radical (unpaired) electrons. The monoisotopic (exact) mass is 418 g/mol. The van der Waals surface area contributed by atoms with E-state index in [-0.39, 0.29) is 16.7 Å². The second kappa shape index (κ2) is 8.32. The van der Waals surface area contributed by atoms with Crippen LogP contribution in [-0.2, 0) is 27.8 Å². The second-order valence-corrected chi connectivity index (χ2v) is 8.95. The molecule has 2 aromatic rings. The summed E-state index contributed by atoms with van der Waals surface area (Å²) in [6.45, 7) is 4.93. The molecule has 0 bridgehead atoms. The standard InChI is InChI=1S/C21H26N2O5S/c1-14(2)21(24)23-10-9-15-5-6-17(11-16(15)13-23)22-29(25,26)18-7-8-19(27-3)20(12-18)28-4/h5-8,11-12,14,22H,9-10,13H2,1-4H3. The largest absolute Gasteiger partial charge is 0.493 e. The molecule has 1 aliphatic heterocycles. The number of methoxy groups -OCH3 is 2. The average molecular weight is 419 g/mol. The summed E-state index contributed by atoms with van der Waals surface area (Å²) in [6, 6.07) is 9.90. The normalized spacial score (nSPS) is 13.8. The zero-order valence-electron chi connectivity index (χ0n) is 17.1. The molecule has 3 rings (SSSR count). The van der Waals surface area contributed by atoms with Crippen molar-refractivity contribution in [2.75, 3.05) is 25.5 Å². The highest BCUT2D eigenvalue weighted by atomic mass is 32.2. The number of anilines is 1. The third-order valence-electron chi connectivity index (χ3n) is 4.94. The van der Waals surface area contributed by atoms with E-state index in [1.807, 2.05) is 24.8 Å². The fraction of sp³-hybridized carbons (Fsp3) is 0.381. The Morgan fingerprint density at radius 3 is 2.41 bits per heavy atom. The Hall–Kier alpha value is -2.74. The highest BCUT2D eigenvalue weighted by Gasteiger charge is 2.23. The number of hydrogen-bond donors (Lipinski definition) is 1. The number of carbonyl (C=O) groups excluding carboxylic acids is 1. The maximum Gasteiger partial charge on any atom is 0.262 e. The number of amides is 1. The van der Waals surface area contributed by atoms with Gasteiger partial charge in [0, 0.05) is 30.8 Å². The van der Waals surface area contributed by atoms with E-state index in [1.165, 1.54) is 26.4 Å². The lowest BCUT2D eigenvalue weighted by atomic mass is 9.98. The van der Waals surface area contributed by atoms with Crippen molar-refractivity contribution in [3.8, 4) is 11.5 Å². The van der Waals surface area contributed by atoms with Crippen LogP contribution in [0.1, 0.15) is 25.0 Å². The summed E-state index contributed by atoms with van der Waals surface area (Å²) in [5.74, 6) is 0.828. The minimum absolute atomic E-state index is 0.0664. The summed E-state index contributed by atoms with van der Waals surface area (Å²) in [5, 5.41) is 0. The smallest absolute Gasteiger partial charge is 0.262 e. The zero-order valence-corrected chi connectivity index (χ0v) is 17.9. The molecular formula is C21H26N2O5S. The van der Waals surface area contributed by atoms with Gasteiger partial charge in [-0.2, -0.15) is 0 Å². The Morgan fingerprint density at radius 2 is 1.76 bits per heavy atom. The van der Waals surface area contributed by atoms with Gasteiger partial charge in [0.2, 0.25) is 5.91 Å². The first kappa shape index (κ1) is 21.0. The molecule has 0 atom stereocenters. The van der Waals surface area contributed by atoms with Gasteiger partial charge in [-0.3, -0.25) is 9.52 Å². The lowest BCUT2D eigenvalue weighted by Gasteiger charge is -2.30. The van der Waals surface area contributed by atoms with Crippen molar-refractivity contribution < 1.29 is 22.7 Å². The molecule has 0 aromatic heterocycles. The molecule has 0 spiro atoms. The molecular weight excluding hydrogens is 392 g/mol. The number of rotatable bonds is 6. The summed E-state index contributed by atoms with van der Waals surface area (Å²) < 4.78 is 38.6. The molecule has 0 saturated carbocycles. The molecule has 0 unspecified atom stereocenters. The molecule has 2 aromatic carbocycles. The van der Waals surface area contributed by atoms with Crippen molar-refractivity contribution in [3.63, 3.8) is 0 Å². The van der Waals surface area contributed by atoms with Gasteiger partial charge in [0.15, 0.2) is 11.5 Å². The van der Waals surface area contributed by atoms with Crippen molar-refractivity contribution in [1.82, 2.24) is 4.90 Å². The SMILES string of the molecule is COc1ccc(S(=O)(=O)Nc2ccc3c(c2)CN(C(=O)C(C)C)CC3)cc1OC. The van der Waals surface area contributed by atoms with Crippen LogP contribution in [0.5, 0.6) is 11.5 Å². The molecule has 1 heterocycles. The topological polar surface area (TPSA) is 84.9 Å². The van der Waals surface area contributed by atoms with Crippen molar-refractivity contribution in [1.29, 1.82) is 0 Å². The van der Waals surface area contributed by atoms with E-state index < -0.39 is 10.0 Å². The Balaban J connectivity index is 1.84. The van der Waals surface area contributed by atoms with Crippen LogP contribution in [-0.4, -0.2) is 40.0 Å². The lowest BCUT2D eigenvalue weighted by Crippen LogP contribution is -2.38. The predicted octanol–water partition coefficient (Wildman–Crippen LogP) is 3.05. The van der Waals surface area contributed by atoms with Crippen LogP contribution in [0.15, 0.2) is 41.3 Å². The Kier molecular flexibility index (Phi) is 6.02. The number of nitrogens with zero attached hydrogens (tertiary/aromatic N) is 1. The number of hydrogen-bond acceptors (Lipinski definition) is 5. The van der Waals surface area contributed by atoms with Gasteiger partial charge in [-0.15, -0.1) is 0 Å². The van der Waals surface area contributed by atoms with Gasteiger partial charge < -0.3 is 14.4 Å². The average Bonchev–Trinajstić information content (AvgIpc) is 2.71. The van der Waals surface area contributed by atoms with Gasteiger partial charge in [0.05, 0.1) is 19.1 Å². The molecule has 0 fully saturated rings. The van der Waals surface area contributed by atoms with E-state index in [1.54, 1.807) is 18.2 Å². The van der Waals surface area contributed by atoms with Crippen LogP contribution >= 0.6 is 0 Å². The minimum Gasteiger partial charge on any atom is -0.493 e. The van der Waals surface area contributed by atoms with Gasteiger partial charge in [-0.1, -0.05) is 19.9 Å². The first-order chi connectivity index (χ1) is 13.7. The van der Waals surface area contributed by atoms with Crippen LogP contribution in [0.4, 0.5) is 5.69 Å². The first-order valence-electron chi connectivity index (χ1n) is 9.40. The van der Waals surface area contributed by atoms with E-state index in [9.17, 15) is 13.2 Å². The van der Waals surface area contributed by atoms with E-state index in [0.29, 0.717) is 30.3 Å². The fourth-order valence-electron chi connectivity index (χ4n) is 3.37. The zero-order chi connectivity index (χ0) is 21.2. The predicted molar refractivity (Wildman–Crippen MR) is 111 cm³/mol. The van der Waals surface area contributed by atoms with E-state index in [0.717, 1.165) is 17.5 Å². The molecule has 8 heteroatoms. The maximum atomic E-state index is 12.8. The Morgan fingerprint density at radius 1 is 1.03 bits per heavy atom. The lowest BCUT2D eigenvalue weighted by molar-refractivity contribution is -0.135. The summed E-state index contributed by atoms with van der Waals surface area (Å²) in [7, 11) is -0.862. The highest BCUT2D eigenvalue weighted by Crippen LogP contribution is 2.31. The highest BCUT2D eigenvalue weighted by molar-refractivity contribution is 7.92. The molecule has 1 aliphatic rings. The number of fused-ring (bicyclic) bond motifs is 1. The van der Waals surface area contributed by atoms with Crippen LogP contribution in [0.25, 0.3) is 0 Å². The maximum absolute atomic E-state index is 12.8. The third kappa shape index (κ3) is 4.48. The van der Waals surface area contributed by atoms with Crippen LogP contribution in [0, 0.1) is 5.92 Å². The number of benzene rings is 2. The van der Waals surface area contributed by atoms with Crippen LogP contribution < -0.4 is 14.2 Å². The van der Waals surface area contributed by atoms with E-state index in [2.05, 4.69) is 4.72 Å². The summed E-state index contributed by atoms with van der Waals surface area (Å²) in [5.41, 5.74) is 2.54. The summed E-state index contributed by atoms with van der Waals surface area (Å²) >= 11 is 0. The molecule has 1 N–H and O–H groups in total. The second-order valence-electron chi connectivity index (χ2n) is 7.27. The third-order valence-corrected chi connectivity index (χ3v) is 6.32. The van der Waals surface area contributed by atoms with Gasteiger partial charge in [-0.05, 0) is 41.8 Å². The molecule has 0 saturated heterocycles. The van der Waals surface area contributed by atoms with Gasteiger partial charge in [0.1, 0.15) is 0 Å². The molecule has 7 nitrogen and oxygen atoms in total. The van der Waals surface area contributed by atoms with Gasteiger partial charge in [0.25, 0.3) is 10.0 Å². The van der Waals surface area contributed by atoms with Crippen LogP contribution in [0.2, 0.25) is 0 Å². The van der Waals surface area contributed by atoms with Crippen molar-refractivity contribution >= 4 is 21.6 Å². The van der Waals surface area contributed by atoms with Gasteiger partial charge >= 0.3 is 0 Å². The van der Waals surface area contributed by atoms with Crippen molar-refractivity contribution in [3.05, 3.63) is 47.5 Å². The quantitative estimate of drug-likeness (QED) is 0.779. The Bertz CT molecular complexity index is 1020. The molecule has 29 heavy (non-hydrogen) atoms. The molecule has 1 amide bonds. The first-order valence-corrected chi connectivity index (χ1v) is 10.9. The summed E-state index contributed by atoms with van der Waals surface area (Å²) in [6.07, 6.45) is 0.760. The number of ether oxygens (including phenoxy) is 2. The van der Waals surface area contributed by atoms with Crippen molar-refractivity contribution in [2.24, 2.45) is 5.92 Å². The molecule has 156 valence electrons. The fourth-order valence-corrected chi connectivity index (χ4v) is 4.44. The van der Waals surface area contributed by atoms with Crippen molar-refractivity contribution in [2.45, 2.75) is 31.7 Å². The minimum atomic E-state index is -3.81. The number of sulfonamides is 1. The van der Waals surface area contributed by atoms with E-state index >= 15 is 0 Å². The van der Waals surface area contributed by atoms with Gasteiger partial charge in [-0.25, -0.2) is 8.42 Å². The Labute approximate surface area is 171 Å². The number of carbonyl (C=O) groups is 1. The van der Waals surface area contributed by atoms with Crippen LogP contribution in [0.3, 0.4) is 0 Å². The molecule has 0 aliphatic carbocycles. The van der Waals surface area contributed by atoms with E-state index in [4.69, 9.17) is 9.47 Å². The number of nitrogens with one attached hydrogen (secondary N) is 1.